The summed E-state index contributed by atoms with van der Waals surface area (Å²) in [5, 5.41) is 8.76. The number of hydrogen-bond donors (Lipinski definition) is 2. The first-order valence-electron chi connectivity index (χ1n) is 6.69. The molecule has 3 N–H and O–H groups in total. The largest absolute Gasteiger partial charge is 0.481 e. The predicted molar refractivity (Wildman–Crippen MR) is 78.6 cm³/mol. The number of nitrogens with two attached hydrogens (primary N) is 1. The Morgan fingerprint density at radius 2 is 1.79 bits per heavy atom. The smallest absolute Gasteiger partial charge is 0.304 e. The molecule has 4 heteroatoms. The fourth-order valence-corrected chi connectivity index (χ4v) is 2.97. The first-order chi connectivity index (χ1) is 8.66. The Kier molecular flexibility index (Phi) is 6.32. The lowest BCUT2D eigenvalue weighted by Crippen LogP contribution is -2.34. The summed E-state index contributed by atoms with van der Waals surface area (Å²) in [4.78, 5) is 10.7. The van der Waals surface area contributed by atoms with Crippen molar-refractivity contribution in [2.75, 3.05) is 0 Å². The van der Waals surface area contributed by atoms with Crippen molar-refractivity contribution in [3.63, 3.8) is 0 Å². The van der Waals surface area contributed by atoms with Crippen molar-refractivity contribution >= 4 is 18.4 Å². The zero-order valence-corrected chi connectivity index (χ0v) is 11.8. The maximum atomic E-state index is 10.7. The van der Waals surface area contributed by atoms with Gasteiger partial charge in [0.15, 0.2) is 0 Å². The highest BCUT2D eigenvalue weighted by molar-refractivity contribution is 5.85. The summed E-state index contributed by atoms with van der Waals surface area (Å²) in [6.45, 7) is 0. The summed E-state index contributed by atoms with van der Waals surface area (Å²) in [5.74, 6) is 0.216. The Morgan fingerprint density at radius 3 is 2.32 bits per heavy atom. The molecular formula is C15H22ClNO2. The predicted octanol–water partition coefficient (Wildman–Crippen LogP) is 3.18. The molecule has 1 saturated carbocycles. The molecule has 1 aliphatic rings. The van der Waals surface area contributed by atoms with Crippen molar-refractivity contribution in [2.45, 2.75) is 44.1 Å². The van der Waals surface area contributed by atoms with E-state index in [1.54, 1.807) is 0 Å². The second kappa shape index (κ2) is 7.51. The summed E-state index contributed by atoms with van der Waals surface area (Å²) in [6, 6.07) is 10.4. The van der Waals surface area contributed by atoms with E-state index in [4.69, 9.17) is 10.8 Å². The van der Waals surface area contributed by atoms with Gasteiger partial charge in [0.1, 0.15) is 0 Å². The zero-order chi connectivity index (χ0) is 13.0. The third-order valence-corrected chi connectivity index (χ3v) is 4.06. The van der Waals surface area contributed by atoms with Crippen molar-refractivity contribution < 1.29 is 9.90 Å². The summed E-state index contributed by atoms with van der Waals surface area (Å²) in [5.41, 5.74) is 7.36. The molecule has 3 nitrogen and oxygen atoms in total. The van der Waals surface area contributed by atoms with Crippen LogP contribution in [0.5, 0.6) is 0 Å². The number of carbonyl (C=O) groups is 1. The second-order valence-corrected chi connectivity index (χ2v) is 5.28. The molecule has 0 radical (unpaired) electrons. The van der Waals surface area contributed by atoms with Crippen molar-refractivity contribution in [3.05, 3.63) is 35.9 Å². The molecule has 106 valence electrons. The van der Waals surface area contributed by atoms with Gasteiger partial charge in [-0.05, 0) is 43.1 Å². The topological polar surface area (TPSA) is 63.3 Å². The van der Waals surface area contributed by atoms with Gasteiger partial charge in [-0.2, -0.15) is 0 Å². The van der Waals surface area contributed by atoms with E-state index in [0.29, 0.717) is 11.8 Å². The molecular weight excluding hydrogens is 262 g/mol. The van der Waals surface area contributed by atoms with Crippen molar-refractivity contribution in [1.82, 2.24) is 0 Å². The number of carboxylic acids is 1. The average molecular weight is 284 g/mol. The van der Waals surface area contributed by atoms with E-state index in [9.17, 15) is 4.79 Å². The Labute approximate surface area is 120 Å². The van der Waals surface area contributed by atoms with Crippen LogP contribution in [0, 0.1) is 5.92 Å². The van der Waals surface area contributed by atoms with Crippen molar-refractivity contribution in [3.8, 4) is 0 Å². The van der Waals surface area contributed by atoms with E-state index in [1.165, 1.54) is 5.56 Å². The van der Waals surface area contributed by atoms with Crippen LogP contribution in [0.2, 0.25) is 0 Å². The molecule has 1 unspecified atom stereocenters. The first-order valence-corrected chi connectivity index (χ1v) is 6.69. The van der Waals surface area contributed by atoms with E-state index in [0.717, 1.165) is 25.7 Å². The Morgan fingerprint density at radius 1 is 1.21 bits per heavy atom. The van der Waals surface area contributed by atoms with Gasteiger partial charge in [-0.25, -0.2) is 0 Å². The van der Waals surface area contributed by atoms with Crippen LogP contribution >= 0.6 is 12.4 Å². The molecule has 0 saturated heterocycles. The van der Waals surface area contributed by atoms with Crippen LogP contribution in [-0.2, 0) is 4.79 Å². The van der Waals surface area contributed by atoms with Gasteiger partial charge in [-0.3, -0.25) is 4.79 Å². The molecule has 0 amide bonds. The van der Waals surface area contributed by atoms with E-state index in [-0.39, 0.29) is 24.9 Å². The molecule has 0 spiro atoms. The lowest BCUT2D eigenvalue weighted by molar-refractivity contribution is -0.137. The lowest BCUT2D eigenvalue weighted by atomic mass is 9.75. The molecule has 1 aliphatic carbocycles. The number of aliphatic carboxylic acids is 1. The molecule has 1 aromatic rings. The standard InChI is InChI=1S/C15H21NO2.ClH/c16-14(10-15(17)18)13-8-6-12(7-9-13)11-4-2-1-3-5-11;/h1-5,12-14H,6-10,16H2,(H,17,18);1H. The quantitative estimate of drug-likeness (QED) is 0.892. The van der Waals surface area contributed by atoms with Gasteiger partial charge in [-0.1, -0.05) is 30.3 Å². The second-order valence-electron chi connectivity index (χ2n) is 5.28. The highest BCUT2D eigenvalue weighted by Gasteiger charge is 2.27. The molecule has 0 aromatic heterocycles. The van der Waals surface area contributed by atoms with E-state index < -0.39 is 5.97 Å². The van der Waals surface area contributed by atoms with Crippen LogP contribution < -0.4 is 5.73 Å². The van der Waals surface area contributed by atoms with Crippen LogP contribution in [0.25, 0.3) is 0 Å². The molecule has 0 heterocycles. The average Bonchev–Trinajstić information content (AvgIpc) is 2.39. The fraction of sp³-hybridized carbons (Fsp3) is 0.533. The SMILES string of the molecule is Cl.NC(CC(=O)O)C1CCC(c2ccccc2)CC1. The van der Waals surface area contributed by atoms with E-state index in [1.807, 2.05) is 6.07 Å². The third kappa shape index (κ3) is 4.51. The lowest BCUT2D eigenvalue weighted by Gasteiger charge is -2.31. The summed E-state index contributed by atoms with van der Waals surface area (Å²) >= 11 is 0. The van der Waals surface area contributed by atoms with Gasteiger partial charge in [-0.15, -0.1) is 12.4 Å². The van der Waals surface area contributed by atoms with Crippen LogP contribution in [0.3, 0.4) is 0 Å². The first kappa shape index (κ1) is 16.0. The molecule has 1 aromatic carbocycles. The van der Waals surface area contributed by atoms with Crippen LogP contribution in [0.15, 0.2) is 30.3 Å². The van der Waals surface area contributed by atoms with Gasteiger partial charge in [0.2, 0.25) is 0 Å². The highest BCUT2D eigenvalue weighted by atomic mass is 35.5. The number of benzene rings is 1. The Balaban J connectivity index is 0.00000180. The van der Waals surface area contributed by atoms with Crippen LogP contribution in [0.1, 0.15) is 43.6 Å². The Hall–Kier alpha value is -1.06. The molecule has 19 heavy (non-hydrogen) atoms. The minimum absolute atomic E-state index is 0. The molecule has 0 bridgehead atoms. The van der Waals surface area contributed by atoms with E-state index >= 15 is 0 Å². The van der Waals surface area contributed by atoms with Crippen molar-refractivity contribution in [1.29, 1.82) is 0 Å². The Bertz CT molecular complexity index is 388. The number of hydrogen-bond acceptors (Lipinski definition) is 2. The minimum atomic E-state index is -0.785. The molecule has 0 aliphatic heterocycles. The van der Waals surface area contributed by atoms with Gasteiger partial charge in [0, 0.05) is 6.04 Å². The highest BCUT2D eigenvalue weighted by Crippen LogP contribution is 2.36. The summed E-state index contributed by atoms with van der Waals surface area (Å²) < 4.78 is 0. The van der Waals surface area contributed by atoms with Crippen LogP contribution in [0.4, 0.5) is 0 Å². The summed E-state index contributed by atoms with van der Waals surface area (Å²) in [7, 11) is 0. The minimum Gasteiger partial charge on any atom is -0.481 e. The summed E-state index contributed by atoms with van der Waals surface area (Å²) in [6.07, 6.45) is 4.45. The monoisotopic (exact) mass is 283 g/mol. The number of carboxylic acid groups (broad SMARTS) is 1. The zero-order valence-electron chi connectivity index (χ0n) is 11.0. The van der Waals surface area contributed by atoms with Crippen molar-refractivity contribution in [2.24, 2.45) is 11.7 Å². The fourth-order valence-electron chi connectivity index (χ4n) is 2.97. The van der Waals surface area contributed by atoms with Crippen LogP contribution in [-0.4, -0.2) is 17.1 Å². The normalized spacial score (nSPS) is 24.3. The molecule has 1 fully saturated rings. The number of halogens is 1. The molecule has 2 rings (SSSR count). The maximum Gasteiger partial charge on any atom is 0.304 e. The van der Waals surface area contributed by atoms with E-state index in [2.05, 4.69) is 24.3 Å². The van der Waals surface area contributed by atoms with Gasteiger partial charge >= 0.3 is 5.97 Å². The van der Waals surface area contributed by atoms with Gasteiger partial charge in [0.05, 0.1) is 6.42 Å². The van der Waals surface area contributed by atoms with Gasteiger partial charge in [0.25, 0.3) is 0 Å². The third-order valence-electron chi connectivity index (χ3n) is 4.06. The van der Waals surface area contributed by atoms with Gasteiger partial charge < -0.3 is 10.8 Å². The maximum absolute atomic E-state index is 10.7. The molecule has 1 atom stereocenters. The number of rotatable bonds is 4.